The molecule has 0 fully saturated rings. The van der Waals surface area contributed by atoms with Crippen LogP contribution in [-0.4, -0.2) is 12.2 Å². The van der Waals surface area contributed by atoms with Gasteiger partial charge >= 0.3 is 0 Å². The van der Waals surface area contributed by atoms with E-state index in [9.17, 15) is 9.59 Å². The fourth-order valence-corrected chi connectivity index (χ4v) is 0.219. The van der Waals surface area contributed by atoms with E-state index in [0.717, 1.165) is 0 Å². The van der Waals surface area contributed by atoms with Crippen LogP contribution in [-0.2, 0) is 14.4 Å². The molecule has 0 saturated carbocycles. The molecule has 0 heterocycles. The molecule has 0 radical (unpaired) electrons. The van der Waals surface area contributed by atoms with Gasteiger partial charge in [0.2, 0.25) is 0 Å². The summed E-state index contributed by atoms with van der Waals surface area (Å²) in [5.74, 6) is -0.398. The molecule has 0 aromatic rings. The highest BCUT2D eigenvalue weighted by Crippen LogP contribution is 1.83. The second kappa shape index (κ2) is 4.55. The average Bonchev–Trinajstić information content (AvgIpc) is 1.99. The first-order valence-electron chi connectivity index (χ1n) is 2.80. The van der Waals surface area contributed by atoms with Gasteiger partial charge in [-0.3, -0.25) is 9.59 Å². The summed E-state index contributed by atoms with van der Waals surface area (Å²) in [6, 6.07) is 0. The van der Waals surface area contributed by atoms with E-state index in [4.69, 9.17) is 0 Å². The fourth-order valence-electron chi connectivity index (χ4n) is 0.219. The zero-order valence-electron chi connectivity index (χ0n) is 5.72. The number of carbonyl (C=O) groups is 2. The summed E-state index contributed by atoms with van der Waals surface area (Å²) in [6.45, 7) is 4.84. The quantitative estimate of drug-likeness (QED) is 0.264. The highest BCUT2D eigenvalue weighted by atomic mass is 16.7. The predicted molar refractivity (Wildman–Crippen MR) is 34.7 cm³/mol. The summed E-state index contributed by atoms with van der Waals surface area (Å²) in [7, 11) is 0. The molecule has 0 bridgehead atoms. The van der Waals surface area contributed by atoms with Gasteiger partial charge in [0.15, 0.2) is 12.0 Å². The van der Waals surface area contributed by atoms with Gasteiger partial charge in [-0.15, -0.1) is 0 Å². The largest absolute Gasteiger partial charge is 0.377 e. The highest BCUT2D eigenvalue weighted by Gasteiger charge is 1.96. The van der Waals surface area contributed by atoms with E-state index in [1.54, 1.807) is 6.92 Å². The van der Waals surface area contributed by atoms with Gasteiger partial charge in [-0.1, -0.05) is 6.92 Å². The number of amides is 1. The number of aldehydes is 1. The van der Waals surface area contributed by atoms with Crippen molar-refractivity contribution in [2.45, 2.75) is 13.3 Å². The van der Waals surface area contributed by atoms with Crippen molar-refractivity contribution in [1.82, 2.24) is 5.48 Å². The van der Waals surface area contributed by atoms with Crippen LogP contribution < -0.4 is 5.48 Å². The maximum atomic E-state index is 10.4. The third kappa shape index (κ3) is 3.65. The van der Waals surface area contributed by atoms with Crippen molar-refractivity contribution in [2.75, 3.05) is 0 Å². The van der Waals surface area contributed by atoms with Gasteiger partial charge in [0, 0.05) is 6.42 Å². The van der Waals surface area contributed by atoms with Gasteiger partial charge < -0.3 is 4.84 Å². The smallest absolute Gasteiger partial charge is 0.252 e. The van der Waals surface area contributed by atoms with Crippen LogP contribution in [0.1, 0.15) is 13.3 Å². The van der Waals surface area contributed by atoms with Crippen LogP contribution in [0.5, 0.6) is 0 Å². The third-order valence-electron chi connectivity index (χ3n) is 0.749. The lowest BCUT2D eigenvalue weighted by Crippen LogP contribution is -2.22. The molecule has 0 aliphatic rings. The summed E-state index contributed by atoms with van der Waals surface area (Å²) in [6.07, 6.45) is 0.724. The van der Waals surface area contributed by atoms with E-state index in [0.29, 0.717) is 12.7 Å². The lowest BCUT2D eigenvalue weighted by molar-refractivity contribution is -0.131. The second-order valence-corrected chi connectivity index (χ2v) is 1.57. The third-order valence-corrected chi connectivity index (χ3v) is 0.749. The maximum Gasteiger partial charge on any atom is 0.252 e. The Morgan fingerprint density at radius 1 is 1.80 bits per heavy atom. The predicted octanol–water partition coefficient (Wildman–Crippen LogP) is 0.157. The Kier molecular flexibility index (Phi) is 3.95. The monoisotopic (exact) mass is 143 g/mol. The SMILES string of the molecule is C=C(C=O)ONC(=O)CC. The van der Waals surface area contributed by atoms with Crippen LogP contribution in [0, 0.1) is 0 Å². The Bertz CT molecular complexity index is 153. The van der Waals surface area contributed by atoms with E-state index in [1.165, 1.54) is 0 Å². The van der Waals surface area contributed by atoms with Crippen LogP contribution in [0.3, 0.4) is 0 Å². The van der Waals surface area contributed by atoms with Crippen molar-refractivity contribution in [3.05, 3.63) is 12.3 Å². The Morgan fingerprint density at radius 2 is 2.40 bits per heavy atom. The molecule has 0 spiro atoms. The number of carbonyl (C=O) groups excluding carboxylic acids is 2. The summed E-state index contributed by atoms with van der Waals surface area (Å²) in [4.78, 5) is 24.7. The Balaban J connectivity index is 3.44. The zero-order chi connectivity index (χ0) is 7.98. The lowest BCUT2D eigenvalue weighted by atomic mass is 10.5. The molecular formula is C6H9NO3. The number of nitrogens with one attached hydrogen (secondary N) is 1. The van der Waals surface area contributed by atoms with Gasteiger partial charge in [0.1, 0.15) is 0 Å². The minimum atomic E-state index is -0.289. The van der Waals surface area contributed by atoms with Gasteiger partial charge in [-0.05, 0) is 6.58 Å². The maximum absolute atomic E-state index is 10.4. The van der Waals surface area contributed by atoms with Crippen molar-refractivity contribution in [2.24, 2.45) is 0 Å². The summed E-state index contributed by atoms with van der Waals surface area (Å²) in [5.41, 5.74) is 2.01. The first kappa shape index (κ1) is 8.68. The van der Waals surface area contributed by atoms with E-state index < -0.39 is 0 Å². The number of hydroxylamine groups is 1. The lowest BCUT2D eigenvalue weighted by Gasteiger charge is -2.01. The molecule has 1 amide bonds. The molecule has 0 aliphatic carbocycles. The molecule has 0 saturated heterocycles. The average molecular weight is 143 g/mol. The first-order valence-corrected chi connectivity index (χ1v) is 2.80. The molecule has 4 heteroatoms. The number of hydrogen-bond donors (Lipinski definition) is 1. The van der Waals surface area contributed by atoms with Crippen molar-refractivity contribution in [3.8, 4) is 0 Å². The molecule has 4 nitrogen and oxygen atoms in total. The van der Waals surface area contributed by atoms with Gasteiger partial charge in [-0.25, -0.2) is 0 Å². The van der Waals surface area contributed by atoms with Crippen LogP contribution in [0.4, 0.5) is 0 Å². The van der Waals surface area contributed by atoms with Crippen LogP contribution in [0.2, 0.25) is 0 Å². The van der Waals surface area contributed by atoms with E-state index in [-0.39, 0.29) is 11.7 Å². The van der Waals surface area contributed by atoms with Crippen molar-refractivity contribution in [1.29, 1.82) is 0 Å². The van der Waals surface area contributed by atoms with E-state index in [2.05, 4.69) is 11.4 Å². The molecular weight excluding hydrogens is 134 g/mol. The molecule has 0 aromatic carbocycles. The molecule has 10 heavy (non-hydrogen) atoms. The summed E-state index contributed by atoms with van der Waals surface area (Å²) in [5, 5.41) is 0. The van der Waals surface area contributed by atoms with E-state index >= 15 is 0 Å². The molecule has 0 aliphatic heterocycles. The van der Waals surface area contributed by atoms with Gasteiger partial charge in [-0.2, -0.15) is 5.48 Å². The molecule has 0 rings (SSSR count). The summed E-state index contributed by atoms with van der Waals surface area (Å²) < 4.78 is 0. The highest BCUT2D eigenvalue weighted by molar-refractivity contribution is 5.75. The Morgan fingerprint density at radius 3 is 2.80 bits per heavy atom. The fraction of sp³-hybridized carbons (Fsp3) is 0.333. The van der Waals surface area contributed by atoms with Crippen LogP contribution in [0.25, 0.3) is 0 Å². The topological polar surface area (TPSA) is 55.4 Å². The molecule has 0 atom stereocenters. The van der Waals surface area contributed by atoms with Crippen molar-refractivity contribution < 1.29 is 14.4 Å². The first-order chi connectivity index (χ1) is 4.70. The normalized spacial score (nSPS) is 8.10. The molecule has 0 unspecified atom stereocenters. The standard InChI is InChI=1S/C6H9NO3/c1-3-6(9)7-10-5(2)4-8/h4H,2-3H2,1H3,(H,7,9). The van der Waals surface area contributed by atoms with Gasteiger partial charge in [0.05, 0.1) is 0 Å². The van der Waals surface area contributed by atoms with Crippen LogP contribution >= 0.6 is 0 Å². The number of allylic oxidation sites excluding steroid dienone is 1. The molecule has 0 aromatic heterocycles. The van der Waals surface area contributed by atoms with Crippen LogP contribution in [0.15, 0.2) is 12.3 Å². The molecule has 56 valence electrons. The second-order valence-electron chi connectivity index (χ2n) is 1.57. The molecule has 1 N–H and O–H groups in total. The number of rotatable bonds is 4. The minimum absolute atomic E-state index is 0.109. The minimum Gasteiger partial charge on any atom is -0.377 e. The Hall–Kier alpha value is -1.32. The number of hydrogen-bond acceptors (Lipinski definition) is 3. The van der Waals surface area contributed by atoms with Crippen molar-refractivity contribution >= 4 is 12.2 Å². The summed E-state index contributed by atoms with van der Waals surface area (Å²) >= 11 is 0. The van der Waals surface area contributed by atoms with Gasteiger partial charge in [0.25, 0.3) is 5.91 Å². The van der Waals surface area contributed by atoms with E-state index in [1.807, 2.05) is 5.48 Å². The van der Waals surface area contributed by atoms with Crippen molar-refractivity contribution in [3.63, 3.8) is 0 Å². The zero-order valence-corrected chi connectivity index (χ0v) is 5.72. The Labute approximate surface area is 58.8 Å².